The summed E-state index contributed by atoms with van der Waals surface area (Å²) in [5.41, 5.74) is 4.97. The second-order valence-electron chi connectivity index (χ2n) is 9.15. The molecule has 0 saturated carbocycles. The molecule has 0 fully saturated rings. The normalized spacial score (nSPS) is 11.2. The van der Waals surface area contributed by atoms with Crippen molar-refractivity contribution in [3.05, 3.63) is 98.8 Å². The second kappa shape index (κ2) is 9.73. The van der Waals surface area contributed by atoms with Gasteiger partial charge in [-0.3, -0.25) is 23.8 Å². The van der Waals surface area contributed by atoms with E-state index >= 15 is 0 Å². The van der Waals surface area contributed by atoms with Crippen LogP contribution in [0, 0.1) is 13.8 Å². The topological polar surface area (TPSA) is 120 Å². The van der Waals surface area contributed by atoms with Gasteiger partial charge in [0, 0.05) is 43.5 Å². The standard InChI is InChI=1S/C27H27N7O3/c1-17-4-6-20(7-5-17)30-24(35)15-34-22-13-18(2)12-21(26(22)32(3)27(34)37)19-8-10-33(25(36)14-19)11-9-23-28-16-29-31-23/h4-8,10,12-14,16H,9,11,15H2,1-3H3,(H,30,35)(H,28,29,31). The van der Waals surface area contributed by atoms with Gasteiger partial charge in [0.05, 0.1) is 11.0 Å². The van der Waals surface area contributed by atoms with Crippen LogP contribution in [0.15, 0.2) is 70.6 Å². The first-order valence-electron chi connectivity index (χ1n) is 11.9. The Bertz CT molecular complexity index is 1710. The number of amides is 1. The molecule has 3 heterocycles. The number of pyridine rings is 1. The molecule has 0 unspecified atom stereocenters. The number of carbonyl (C=O) groups excluding carboxylic acids is 1. The average molecular weight is 498 g/mol. The molecule has 10 nitrogen and oxygen atoms in total. The van der Waals surface area contributed by atoms with Gasteiger partial charge >= 0.3 is 5.69 Å². The molecule has 0 saturated heterocycles. The highest BCUT2D eigenvalue weighted by Gasteiger charge is 2.18. The Kier molecular flexibility index (Phi) is 6.31. The van der Waals surface area contributed by atoms with Crippen molar-refractivity contribution in [1.29, 1.82) is 0 Å². The van der Waals surface area contributed by atoms with Gasteiger partial charge in [-0.25, -0.2) is 9.78 Å². The number of imidazole rings is 1. The first-order chi connectivity index (χ1) is 17.8. The van der Waals surface area contributed by atoms with E-state index in [1.165, 1.54) is 15.5 Å². The highest BCUT2D eigenvalue weighted by atomic mass is 16.2. The van der Waals surface area contributed by atoms with E-state index in [2.05, 4.69) is 20.5 Å². The summed E-state index contributed by atoms with van der Waals surface area (Å²) in [6, 6.07) is 14.8. The van der Waals surface area contributed by atoms with E-state index in [1.54, 1.807) is 23.9 Å². The Morgan fingerprint density at radius 2 is 1.81 bits per heavy atom. The van der Waals surface area contributed by atoms with Gasteiger partial charge < -0.3 is 9.88 Å². The summed E-state index contributed by atoms with van der Waals surface area (Å²) in [5, 5.41) is 9.48. The van der Waals surface area contributed by atoms with Crippen LogP contribution in [0.5, 0.6) is 0 Å². The van der Waals surface area contributed by atoms with E-state index in [0.717, 1.165) is 16.7 Å². The Morgan fingerprint density at radius 1 is 1.03 bits per heavy atom. The number of nitrogens with one attached hydrogen (secondary N) is 2. The van der Waals surface area contributed by atoms with Crippen molar-refractivity contribution >= 4 is 22.6 Å². The molecule has 1 amide bonds. The van der Waals surface area contributed by atoms with Crippen molar-refractivity contribution in [3.63, 3.8) is 0 Å². The Balaban J connectivity index is 1.48. The molecule has 5 aromatic rings. The van der Waals surface area contributed by atoms with Crippen molar-refractivity contribution in [1.82, 2.24) is 28.9 Å². The zero-order valence-electron chi connectivity index (χ0n) is 20.9. The van der Waals surface area contributed by atoms with Gasteiger partial charge in [0.1, 0.15) is 18.7 Å². The molecule has 0 bridgehead atoms. The minimum absolute atomic E-state index is 0.129. The minimum Gasteiger partial charge on any atom is -0.325 e. The molecule has 37 heavy (non-hydrogen) atoms. The van der Waals surface area contributed by atoms with Gasteiger partial charge in [0.15, 0.2) is 0 Å². The van der Waals surface area contributed by atoms with Gasteiger partial charge in [-0.15, -0.1) is 0 Å². The van der Waals surface area contributed by atoms with Gasteiger partial charge in [-0.2, -0.15) is 5.10 Å². The van der Waals surface area contributed by atoms with Crippen LogP contribution in [-0.4, -0.2) is 34.8 Å². The molecular weight excluding hydrogens is 470 g/mol. The second-order valence-corrected chi connectivity index (χ2v) is 9.15. The SMILES string of the molecule is Cc1ccc(NC(=O)Cn2c(=O)n(C)c3c(-c4ccn(CCc5ncn[nH]5)c(=O)c4)cc(C)cc32)cc1. The number of aryl methyl sites for hydroxylation is 5. The van der Waals surface area contributed by atoms with Crippen LogP contribution < -0.4 is 16.6 Å². The predicted octanol–water partition coefficient (Wildman–Crippen LogP) is 2.79. The maximum absolute atomic E-state index is 13.2. The molecular formula is C27H27N7O3. The molecule has 10 heteroatoms. The number of rotatable bonds is 7. The van der Waals surface area contributed by atoms with Crippen molar-refractivity contribution < 1.29 is 4.79 Å². The quantitative estimate of drug-likeness (QED) is 0.358. The first-order valence-corrected chi connectivity index (χ1v) is 11.9. The zero-order valence-corrected chi connectivity index (χ0v) is 20.9. The number of carbonyl (C=O) groups is 1. The van der Waals surface area contributed by atoms with E-state index in [9.17, 15) is 14.4 Å². The summed E-state index contributed by atoms with van der Waals surface area (Å²) >= 11 is 0. The average Bonchev–Trinajstić information content (AvgIpc) is 3.47. The summed E-state index contributed by atoms with van der Waals surface area (Å²) in [5.74, 6) is 0.412. The van der Waals surface area contributed by atoms with Crippen molar-refractivity contribution in [2.24, 2.45) is 7.05 Å². The maximum Gasteiger partial charge on any atom is 0.329 e. The van der Waals surface area contributed by atoms with Crippen molar-refractivity contribution in [3.8, 4) is 11.1 Å². The number of nitrogens with zero attached hydrogens (tertiary/aromatic N) is 5. The molecule has 0 atom stereocenters. The fourth-order valence-corrected chi connectivity index (χ4v) is 4.49. The Morgan fingerprint density at radius 3 is 2.51 bits per heavy atom. The number of aromatic amines is 1. The lowest BCUT2D eigenvalue weighted by molar-refractivity contribution is -0.116. The van der Waals surface area contributed by atoms with Crippen LogP contribution in [0.1, 0.15) is 17.0 Å². The van der Waals surface area contributed by atoms with Crippen LogP contribution in [0.2, 0.25) is 0 Å². The summed E-state index contributed by atoms with van der Waals surface area (Å²) in [6.07, 6.45) is 3.73. The van der Waals surface area contributed by atoms with E-state index in [-0.39, 0.29) is 23.7 Å². The molecule has 0 radical (unpaired) electrons. The van der Waals surface area contributed by atoms with Crippen molar-refractivity contribution in [2.45, 2.75) is 33.4 Å². The number of aromatic nitrogens is 6. The van der Waals surface area contributed by atoms with Crippen molar-refractivity contribution in [2.75, 3.05) is 5.32 Å². The van der Waals surface area contributed by atoms with E-state index in [1.807, 2.05) is 56.3 Å². The molecule has 0 aliphatic rings. The van der Waals surface area contributed by atoms with Crippen LogP contribution >= 0.6 is 0 Å². The number of hydrogen-bond donors (Lipinski definition) is 2. The van der Waals surface area contributed by atoms with Gasteiger partial charge in [-0.05, 0) is 55.3 Å². The molecule has 0 aliphatic carbocycles. The number of hydrogen-bond acceptors (Lipinski definition) is 5. The lowest BCUT2D eigenvalue weighted by Crippen LogP contribution is -2.28. The maximum atomic E-state index is 13.2. The first kappa shape index (κ1) is 24.0. The van der Waals surface area contributed by atoms with E-state index in [4.69, 9.17) is 0 Å². The monoisotopic (exact) mass is 497 g/mol. The van der Waals surface area contributed by atoms with Crippen LogP contribution in [0.25, 0.3) is 22.2 Å². The molecule has 2 aromatic carbocycles. The minimum atomic E-state index is -0.304. The fraction of sp³-hybridized carbons (Fsp3) is 0.222. The third-order valence-corrected chi connectivity index (χ3v) is 6.38. The van der Waals surface area contributed by atoms with Crippen LogP contribution in [0.3, 0.4) is 0 Å². The van der Waals surface area contributed by atoms with Gasteiger partial charge in [-0.1, -0.05) is 17.7 Å². The summed E-state index contributed by atoms with van der Waals surface area (Å²) in [4.78, 5) is 43.0. The molecule has 3 aromatic heterocycles. The fourth-order valence-electron chi connectivity index (χ4n) is 4.49. The molecule has 0 spiro atoms. The Hall–Kier alpha value is -4.73. The molecule has 0 aliphatic heterocycles. The smallest absolute Gasteiger partial charge is 0.325 e. The highest BCUT2D eigenvalue weighted by Crippen LogP contribution is 2.29. The number of anilines is 1. The third kappa shape index (κ3) is 4.86. The molecule has 5 rings (SSSR count). The highest BCUT2D eigenvalue weighted by molar-refractivity contribution is 5.95. The Labute approximate surface area is 212 Å². The lowest BCUT2D eigenvalue weighted by Gasteiger charge is -2.10. The summed E-state index contributed by atoms with van der Waals surface area (Å²) < 4.78 is 4.60. The van der Waals surface area contributed by atoms with Crippen LogP contribution in [0.4, 0.5) is 5.69 Å². The third-order valence-electron chi connectivity index (χ3n) is 6.38. The number of fused-ring (bicyclic) bond motifs is 1. The molecule has 188 valence electrons. The zero-order chi connectivity index (χ0) is 26.1. The largest absolute Gasteiger partial charge is 0.329 e. The van der Waals surface area contributed by atoms with Crippen LogP contribution in [-0.2, 0) is 31.4 Å². The summed E-state index contributed by atoms with van der Waals surface area (Å²) in [6.45, 7) is 4.23. The summed E-state index contributed by atoms with van der Waals surface area (Å²) in [7, 11) is 1.68. The number of benzene rings is 2. The van der Waals surface area contributed by atoms with E-state index in [0.29, 0.717) is 41.1 Å². The number of H-pyrrole nitrogens is 1. The predicted molar refractivity (Wildman–Crippen MR) is 142 cm³/mol. The molecule has 2 N–H and O–H groups in total. The lowest BCUT2D eigenvalue weighted by atomic mass is 10.0. The van der Waals surface area contributed by atoms with E-state index < -0.39 is 0 Å². The van der Waals surface area contributed by atoms with Gasteiger partial charge in [0.2, 0.25) is 5.91 Å². The van der Waals surface area contributed by atoms with Gasteiger partial charge in [0.25, 0.3) is 5.56 Å².